The summed E-state index contributed by atoms with van der Waals surface area (Å²) in [5.41, 5.74) is 5.91. The minimum atomic E-state index is 0.843. The van der Waals surface area contributed by atoms with Crippen molar-refractivity contribution in [3.05, 3.63) is 34.4 Å². The van der Waals surface area contributed by atoms with Crippen molar-refractivity contribution in [3.63, 3.8) is 0 Å². The summed E-state index contributed by atoms with van der Waals surface area (Å²) < 4.78 is 0. The Hall–Kier alpha value is -1.11. The first-order valence-corrected chi connectivity index (χ1v) is 5.37. The van der Waals surface area contributed by atoms with Crippen LogP contribution in [0.15, 0.2) is 17.1 Å². The standard InChI is InChI=1S/C13H17N/c1-3-14-9-13-8-12-6-4-5-11(12)7-10(13)2/h3,7-8H,4-6,9H2,1-2H3. The van der Waals surface area contributed by atoms with Gasteiger partial charge in [0.25, 0.3) is 0 Å². The van der Waals surface area contributed by atoms with Crippen LogP contribution in [0.25, 0.3) is 0 Å². The van der Waals surface area contributed by atoms with Crippen LogP contribution in [0.1, 0.15) is 35.6 Å². The predicted octanol–water partition coefficient (Wildman–Crippen LogP) is 3.07. The molecule has 0 radical (unpaired) electrons. The van der Waals surface area contributed by atoms with E-state index in [4.69, 9.17) is 0 Å². The summed E-state index contributed by atoms with van der Waals surface area (Å²) in [5, 5.41) is 0. The lowest BCUT2D eigenvalue weighted by Crippen LogP contribution is -1.92. The Morgan fingerprint density at radius 3 is 2.71 bits per heavy atom. The van der Waals surface area contributed by atoms with Crippen LogP contribution < -0.4 is 0 Å². The van der Waals surface area contributed by atoms with Gasteiger partial charge in [0.05, 0.1) is 6.54 Å². The van der Waals surface area contributed by atoms with E-state index in [1.165, 1.54) is 30.4 Å². The summed E-state index contributed by atoms with van der Waals surface area (Å²) in [5.74, 6) is 0. The van der Waals surface area contributed by atoms with Gasteiger partial charge in [-0.25, -0.2) is 0 Å². The summed E-state index contributed by atoms with van der Waals surface area (Å²) >= 11 is 0. The largest absolute Gasteiger partial charge is 0.293 e. The maximum absolute atomic E-state index is 4.30. The molecule has 74 valence electrons. The van der Waals surface area contributed by atoms with E-state index in [-0.39, 0.29) is 0 Å². The fraction of sp³-hybridized carbons (Fsp3) is 0.462. The Morgan fingerprint density at radius 2 is 2.00 bits per heavy atom. The van der Waals surface area contributed by atoms with Crippen molar-refractivity contribution in [1.82, 2.24) is 0 Å². The van der Waals surface area contributed by atoms with E-state index in [1.54, 1.807) is 11.1 Å². The van der Waals surface area contributed by atoms with E-state index in [1.807, 2.05) is 13.1 Å². The zero-order chi connectivity index (χ0) is 9.97. The van der Waals surface area contributed by atoms with Crippen molar-refractivity contribution in [3.8, 4) is 0 Å². The summed E-state index contributed by atoms with van der Waals surface area (Å²) in [4.78, 5) is 4.30. The summed E-state index contributed by atoms with van der Waals surface area (Å²) in [7, 11) is 0. The first-order chi connectivity index (χ1) is 6.81. The van der Waals surface area contributed by atoms with Gasteiger partial charge in [-0.1, -0.05) is 12.1 Å². The normalized spacial score (nSPS) is 15.0. The second-order valence-electron chi connectivity index (χ2n) is 4.00. The Bertz CT molecular complexity index is 364. The van der Waals surface area contributed by atoms with Crippen molar-refractivity contribution < 1.29 is 0 Å². The average Bonchev–Trinajstić information content (AvgIpc) is 2.61. The third-order valence-corrected chi connectivity index (χ3v) is 2.99. The van der Waals surface area contributed by atoms with Gasteiger partial charge in [-0.15, -0.1) is 0 Å². The highest BCUT2D eigenvalue weighted by Gasteiger charge is 2.12. The number of rotatable bonds is 2. The zero-order valence-corrected chi connectivity index (χ0v) is 9.01. The van der Waals surface area contributed by atoms with Crippen molar-refractivity contribution >= 4 is 6.21 Å². The minimum Gasteiger partial charge on any atom is -0.293 e. The molecule has 0 spiro atoms. The quantitative estimate of drug-likeness (QED) is 0.631. The monoisotopic (exact) mass is 187 g/mol. The van der Waals surface area contributed by atoms with Gasteiger partial charge in [-0.05, 0) is 61.6 Å². The number of aliphatic imine (C=N–C) groups is 1. The molecule has 0 heterocycles. The van der Waals surface area contributed by atoms with Crippen molar-refractivity contribution in [2.75, 3.05) is 0 Å². The number of benzene rings is 1. The molecule has 0 bridgehead atoms. The fourth-order valence-electron chi connectivity index (χ4n) is 2.16. The zero-order valence-electron chi connectivity index (χ0n) is 9.01. The van der Waals surface area contributed by atoms with Crippen LogP contribution in [-0.4, -0.2) is 6.21 Å². The molecule has 0 N–H and O–H groups in total. The molecule has 0 amide bonds. The van der Waals surface area contributed by atoms with E-state index in [0.29, 0.717) is 0 Å². The molecule has 1 aliphatic rings. The van der Waals surface area contributed by atoms with Crippen LogP contribution in [0.2, 0.25) is 0 Å². The highest BCUT2D eigenvalue weighted by Crippen LogP contribution is 2.25. The molecule has 0 unspecified atom stereocenters. The Labute approximate surface area is 85.9 Å². The van der Waals surface area contributed by atoms with Gasteiger partial charge >= 0.3 is 0 Å². The number of aryl methyl sites for hydroxylation is 3. The Morgan fingerprint density at radius 1 is 1.29 bits per heavy atom. The summed E-state index contributed by atoms with van der Waals surface area (Å²) in [6.07, 6.45) is 5.74. The minimum absolute atomic E-state index is 0.843. The van der Waals surface area contributed by atoms with E-state index in [9.17, 15) is 0 Å². The van der Waals surface area contributed by atoms with Crippen LogP contribution in [0, 0.1) is 6.92 Å². The number of nitrogens with zero attached hydrogens (tertiary/aromatic N) is 1. The van der Waals surface area contributed by atoms with Crippen molar-refractivity contribution in [1.29, 1.82) is 0 Å². The molecule has 1 aromatic carbocycles. The highest BCUT2D eigenvalue weighted by atomic mass is 14.7. The molecular weight excluding hydrogens is 170 g/mol. The van der Waals surface area contributed by atoms with Crippen LogP contribution in [0.5, 0.6) is 0 Å². The Kier molecular flexibility index (Phi) is 2.67. The molecule has 0 atom stereocenters. The van der Waals surface area contributed by atoms with E-state index < -0.39 is 0 Å². The molecule has 0 aromatic heterocycles. The molecule has 0 fully saturated rings. The third-order valence-electron chi connectivity index (χ3n) is 2.99. The predicted molar refractivity (Wildman–Crippen MR) is 61.1 cm³/mol. The lowest BCUT2D eigenvalue weighted by molar-refractivity contribution is 0.911. The molecule has 14 heavy (non-hydrogen) atoms. The van der Waals surface area contributed by atoms with Crippen LogP contribution >= 0.6 is 0 Å². The van der Waals surface area contributed by atoms with Gasteiger partial charge in [-0.2, -0.15) is 0 Å². The molecule has 0 aliphatic heterocycles. The van der Waals surface area contributed by atoms with Crippen molar-refractivity contribution in [2.45, 2.75) is 39.7 Å². The molecule has 1 heteroatoms. The highest BCUT2D eigenvalue weighted by molar-refractivity contribution is 5.53. The Balaban J connectivity index is 2.32. The summed E-state index contributed by atoms with van der Waals surface area (Å²) in [6.45, 7) is 5.01. The average molecular weight is 187 g/mol. The van der Waals surface area contributed by atoms with Crippen LogP contribution in [0.4, 0.5) is 0 Å². The first kappa shape index (κ1) is 9.45. The second-order valence-corrected chi connectivity index (χ2v) is 4.00. The fourth-order valence-corrected chi connectivity index (χ4v) is 2.16. The number of hydrogen-bond donors (Lipinski definition) is 0. The maximum Gasteiger partial charge on any atom is 0.0638 e. The number of hydrogen-bond acceptors (Lipinski definition) is 1. The van der Waals surface area contributed by atoms with Crippen molar-refractivity contribution in [2.24, 2.45) is 4.99 Å². The molecular formula is C13H17N. The van der Waals surface area contributed by atoms with E-state index in [0.717, 1.165) is 6.54 Å². The molecule has 1 aliphatic carbocycles. The molecule has 0 saturated carbocycles. The van der Waals surface area contributed by atoms with Gasteiger partial charge in [0.15, 0.2) is 0 Å². The molecule has 0 saturated heterocycles. The van der Waals surface area contributed by atoms with Gasteiger partial charge < -0.3 is 0 Å². The van der Waals surface area contributed by atoms with E-state index >= 15 is 0 Å². The third kappa shape index (κ3) is 1.72. The van der Waals surface area contributed by atoms with Gasteiger partial charge in [0.2, 0.25) is 0 Å². The van der Waals surface area contributed by atoms with Gasteiger partial charge in [-0.3, -0.25) is 4.99 Å². The van der Waals surface area contributed by atoms with Crippen LogP contribution in [-0.2, 0) is 19.4 Å². The molecule has 1 aromatic rings. The van der Waals surface area contributed by atoms with E-state index in [2.05, 4.69) is 24.0 Å². The second kappa shape index (κ2) is 3.95. The topological polar surface area (TPSA) is 12.4 Å². The smallest absolute Gasteiger partial charge is 0.0638 e. The first-order valence-electron chi connectivity index (χ1n) is 5.37. The van der Waals surface area contributed by atoms with Gasteiger partial charge in [0.1, 0.15) is 0 Å². The van der Waals surface area contributed by atoms with Gasteiger partial charge in [0, 0.05) is 0 Å². The lowest BCUT2D eigenvalue weighted by Gasteiger charge is -2.06. The summed E-state index contributed by atoms with van der Waals surface area (Å²) in [6, 6.07) is 4.70. The van der Waals surface area contributed by atoms with Crippen LogP contribution in [0.3, 0.4) is 0 Å². The lowest BCUT2D eigenvalue weighted by atomic mass is 10.0. The number of fused-ring (bicyclic) bond motifs is 1. The SMILES string of the molecule is CC=NCc1cc2c(cc1C)CCC2. The molecule has 1 nitrogen and oxygen atoms in total. The molecule has 2 rings (SSSR count). The maximum atomic E-state index is 4.30.